The molecule has 0 radical (unpaired) electrons. The van der Waals surface area contributed by atoms with Gasteiger partial charge >= 0.3 is 0 Å². The van der Waals surface area contributed by atoms with Gasteiger partial charge in [-0.05, 0) is 19.3 Å². The topological polar surface area (TPSA) is 189 Å². The Bertz CT molecular complexity index is 475. The van der Waals surface area contributed by atoms with Crippen molar-refractivity contribution in [3.8, 4) is 0 Å². The van der Waals surface area contributed by atoms with E-state index in [2.05, 4.69) is 5.32 Å². The number of hydrogen-bond donors (Lipinski definition) is 8. The molecule has 11 heteroatoms. The molecule has 0 bridgehead atoms. The van der Waals surface area contributed by atoms with Crippen molar-refractivity contribution in [1.82, 2.24) is 5.32 Å². The molecule has 1 heterocycles. The van der Waals surface area contributed by atoms with Gasteiger partial charge in [0.15, 0.2) is 6.29 Å². The summed E-state index contributed by atoms with van der Waals surface area (Å²) in [5.74, 6) is -0.748. The summed E-state index contributed by atoms with van der Waals surface area (Å²) in [7, 11) is 0. The molecule has 1 rings (SSSR count). The number of hydrogen-bond acceptors (Lipinski definition) is 10. The highest BCUT2D eigenvalue weighted by atomic mass is 16.7. The van der Waals surface area contributed by atoms with E-state index in [1.807, 2.05) is 13.8 Å². The number of aliphatic hydroxyl groups is 7. The van der Waals surface area contributed by atoms with Gasteiger partial charge < -0.3 is 50.5 Å². The lowest BCUT2D eigenvalue weighted by Crippen LogP contribution is -2.60. The summed E-state index contributed by atoms with van der Waals surface area (Å²) in [6.45, 7) is 3.82. The molecule has 0 aromatic rings. The van der Waals surface area contributed by atoms with Crippen LogP contribution in [0.1, 0.15) is 27.2 Å². The highest BCUT2D eigenvalue weighted by Gasteiger charge is 2.44. The van der Waals surface area contributed by atoms with Crippen LogP contribution >= 0.6 is 0 Å². The molecule has 1 saturated heterocycles. The Labute approximate surface area is 163 Å². The second kappa shape index (κ2) is 11.3. The van der Waals surface area contributed by atoms with E-state index in [0.29, 0.717) is 0 Å². The lowest BCUT2D eigenvalue weighted by atomic mass is 9.97. The molecule has 0 aliphatic carbocycles. The smallest absolute Gasteiger partial charge is 0.248 e. The van der Waals surface area contributed by atoms with Crippen molar-refractivity contribution in [3.63, 3.8) is 0 Å². The van der Waals surface area contributed by atoms with Gasteiger partial charge in [0.05, 0.1) is 25.4 Å². The maximum absolute atomic E-state index is 11.8. The summed E-state index contributed by atoms with van der Waals surface area (Å²) in [5.41, 5.74) is 0. The predicted octanol–water partition coefficient (Wildman–Crippen LogP) is -3.56. The third-order valence-corrected chi connectivity index (χ3v) is 4.51. The summed E-state index contributed by atoms with van der Waals surface area (Å²) in [6.07, 6.45) is -11.3. The van der Waals surface area contributed by atoms with Crippen LogP contribution in [0.5, 0.6) is 0 Å². The fraction of sp³-hybridized carbons (Fsp3) is 0.941. The van der Waals surface area contributed by atoms with Crippen molar-refractivity contribution in [2.45, 2.75) is 82.3 Å². The molecule has 0 aromatic heterocycles. The van der Waals surface area contributed by atoms with Gasteiger partial charge in [-0.15, -0.1) is 0 Å². The van der Waals surface area contributed by atoms with Gasteiger partial charge in [0.1, 0.15) is 36.6 Å². The van der Waals surface area contributed by atoms with Gasteiger partial charge in [0.2, 0.25) is 5.91 Å². The first-order chi connectivity index (χ1) is 13.0. The Balaban J connectivity index is 2.83. The van der Waals surface area contributed by atoms with E-state index in [0.717, 1.165) is 0 Å². The third-order valence-electron chi connectivity index (χ3n) is 4.51. The molecule has 1 aliphatic rings. The lowest BCUT2D eigenvalue weighted by molar-refractivity contribution is -0.303. The molecule has 0 spiro atoms. The van der Waals surface area contributed by atoms with Gasteiger partial charge in [-0.2, -0.15) is 0 Å². The Hall–Kier alpha value is -0.890. The number of aliphatic hydroxyl groups excluding tert-OH is 7. The van der Waals surface area contributed by atoms with Crippen molar-refractivity contribution in [1.29, 1.82) is 0 Å². The average molecular weight is 411 g/mol. The van der Waals surface area contributed by atoms with Crippen LogP contribution in [-0.2, 0) is 14.3 Å². The fourth-order valence-corrected chi connectivity index (χ4v) is 2.82. The summed E-state index contributed by atoms with van der Waals surface area (Å²) < 4.78 is 10.5. The number of carbonyl (C=O) groups excluding carboxylic acids is 1. The standard InChI is InChI=1S/C17H33NO10/c1-7(2)4-10(21)12(22)9(18-16(26)8(3)20)6-27-17-15(25)14(24)13(23)11(5-19)28-17/h7-15,17,19-25H,4-6H2,1-3H3,(H,18,26)/t8-,9-,10+,11?,12-,13-,14+,15?,17-/m0/s1. The van der Waals surface area contributed by atoms with Crippen LogP contribution in [0.4, 0.5) is 0 Å². The average Bonchev–Trinajstić information content (AvgIpc) is 2.63. The summed E-state index contributed by atoms with van der Waals surface area (Å²) >= 11 is 0. The van der Waals surface area contributed by atoms with Crippen LogP contribution in [0.2, 0.25) is 0 Å². The molecule has 1 aliphatic heterocycles. The zero-order valence-electron chi connectivity index (χ0n) is 16.3. The maximum Gasteiger partial charge on any atom is 0.248 e. The second-order valence-electron chi connectivity index (χ2n) is 7.51. The van der Waals surface area contributed by atoms with Gasteiger partial charge in [-0.1, -0.05) is 13.8 Å². The van der Waals surface area contributed by atoms with Crippen LogP contribution in [0, 0.1) is 5.92 Å². The molecule has 0 saturated carbocycles. The molecule has 11 nitrogen and oxygen atoms in total. The molecular weight excluding hydrogens is 378 g/mol. The molecule has 166 valence electrons. The predicted molar refractivity (Wildman–Crippen MR) is 94.8 cm³/mol. The molecule has 28 heavy (non-hydrogen) atoms. The number of rotatable bonds is 10. The van der Waals surface area contributed by atoms with Crippen molar-refractivity contribution < 1.29 is 50.0 Å². The molecule has 8 N–H and O–H groups in total. The number of ether oxygens (including phenoxy) is 2. The number of carbonyl (C=O) groups is 1. The molecule has 1 amide bonds. The SMILES string of the molecule is CC(C)C[C@@H](O)[C@@H](O)[C@H](CO[C@H]1OC(CO)[C@H](O)[C@@H](O)C1O)NC(=O)[C@H](C)O. The number of amides is 1. The minimum atomic E-state index is -1.65. The Morgan fingerprint density at radius 3 is 2.18 bits per heavy atom. The van der Waals surface area contributed by atoms with E-state index < -0.39 is 74.2 Å². The van der Waals surface area contributed by atoms with Crippen molar-refractivity contribution in [2.75, 3.05) is 13.2 Å². The fourth-order valence-electron chi connectivity index (χ4n) is 2.82. The van der Waals surface area contributed by atoms with Crippen molar-refractivity contribution in [3.05, 3.63) is 0 Å². The van der Waals surface area contributed by atoms with E-state index in [9.17, 15) is 40.5 Å². The summed E-state index contributed by atoms with van der Waals surface area (Å²) in [4.78, 5) is 11.8. The summed E-state index contributed by atoms with van der Waals surface area (Å²) in [6, 6.07) is -1.16. The lowest BCUT2D eigenvalue weighted by Gasteiger charge is -2.40. The van der Waals surface area contributed by atoms with E-state index in [-0.39, 0.29) is 12.3 Å². The van der Waals surface area contributed by atoms with Crippen LogP contribution < -0.4 is 5.32 Å². The molecule has 9 atom stereocenters. The van der Waals surface area contributed by atoms with Crippen LogP contribution in [0.15, 0.2) is 0 Å². The highest BCUT2D eigenvalue weighted by Crippen LogP contribution is 2.22. The molecule has 0 aromatic carbocycles. The highest BCUT2D eigenvalue weighted by molar-refractivity contribution is 5.80. The first kappa shape index (κ1) is 25.1. The zero-order valence-corrected chi connectivity index (χ0v) is 16.3. The normalized spacial score (nSPS) is 32.6. The largest absolute Gasteiger partial charge is 0.394 e. The Morgan fingerprint density at radius 1 is 1.07 bits per heavy atom. The van der Waals surface area contributed by atoms with Gasteiger partial charge in [-0.3, -0.25) is 4.79 Å². The maximum atomic E-state index is 11.8. The summed E-state index contributed by atoms with van der Waals surface area (Å²) in [5, 5.41) is 71.0. The van der Waals surface area contributed by atoms with Gasteiger partial charge in [0, 0.05) is 0 Å². The first-order valence-corrected chi connectivity index (χ1v) is 9.26. The molecule has 2 unspecified atom stereocenters. The zero-order chi connectivity index (χ0) is 21.6. The Kier molecular flexibility index (Phi) is 10.2. The van der Waals surface area contributed by atoms with Crippen LogP contribution in [0.3, 0.4) is 0 Å². The quantitative estimate of drug-likeness (QED) is 0.179. The first-order valence-electron chi connectivity index (χ1n) is 9.26. The van der Waals surface area contributed by atoms with E-state index >= 15 is 0 Å². The Morgan fingerprint density at radius 2 is 1.68 bits per heavy atom. The minimum Gasteiger partial charge on any atom is -0.394 e. The van der Waals surface area contributed by atoms with Crippen molar-refractivity contribution in [2.24, 2.45) is 5.92 Å². The molecular formula is C17H33NO10. The van der Waals surface area contributed by atoms with Crippen LogP contribution in [-0.4, -0.2) is 110 Å². The van der Waals surface area contributed by atoms with Gasteiger partial charge in [-0.25, -0.2) is 0 Å². The number of nitrogens with one attached hydrogen (secondary N) is 1. The minimum absolute atomic E-state index is 0.0594. The van der Waals surface area contributed by atoms with E-state index in [1.165, 1.54) is 6.92 Å². The second-order valence-corrected chi connectivity index (χ2v) is 7.51. The third kappa shape index (κ3) is 6.87. The van der Waals surface area contributed by atoms with Crippen molar-refractivity contribution >= 4 is 5.91 Å². The van der Waals surface area contributed by atoms with Crippen LogP contribution in [0.25, 0.3) is 0 Å². The van der Waals surface area contributed by atoms with E-state index in [4.69, 9.17) is 9.47 Å². The monoisotopic (exact) mass is 411 g/mol. The molecule has 1 fully saturated rings. The van der Waals surface area contributed by atoms with E-state index in [1.54, 1.807) is 0 Å². The van der Waals surface area contributed by atoms with Gasteiger partial charge in [0.25, 0.3) is 0 Å².